The zero-order chi connectivity index (χ0) is 25.5. The summed E-state index contributed by atoms with van der Waals surface area (Å²) in [5.41, 5.74) is 3.79. The minimum Gasteiger partial charge on any atom is -0.497 e. The third-order valence-corrected chi connectivity index (χ3v) is 9.04. The van der Waals surface area contributed by atoms with Gasteiger partial charge in [-0.05, 0) is 74.8 Å². The fourth-order valence-corrected chi connectivity index (χ4v) is 6.32. The molecule has 1 aliphatic heterocycles. The number of benzene rings is 2. The molecule has 5 rings (SSSR count). The summed E-state index contributed by atoms with van der Waals surface area (Å²) in [5, 5.41) is 4.55. The maximum atomic E-state index is 13.3. The number of hydrogen-bond donors (Lipinski definition) is 1. The highest BCUT2D eigenvalue weighted by molar-refractivity contribution is 7.84. The molecule has 2 aromatic carbocycles. The Kier molecular flexibility index (Phi) is 6.51. The zero-order valence-electron chi connectivity index (χ0n) is 21.4. The Morgan fingerprint density at radius 2 is 1.86 bits per heavy atom. The Balaban J connectivity index is 1.32. The van der Waals surface area contributed by atoms with Crippen LogP contribution in [0, 0.1) is 5.41 Å². The molecule has 1 spiro atoms. The van der Waals surface area contributed by atoms with Crippen LogP contribution in [0.15, 0.2) is 60.8 Å². The van der Waals surface area contributed by atoms with Crippen LogP contribution in [0.4, 0.5) is 0 Å². The zero-order valence-corrected chi connectivity index (χ0v) is 22.2. The van der Waals surface area contributed by atoms with E-state index in [0.29, 0.717) is 18.8 Å². The predicted octanol–water partition coefficient (Wildman–Crippen LogP) is 4.45. The number of aromatic nitrogens is 2. The third-order valence-electron chi connectivity index (χ3n) is 7.47. The van der Waals surface area contributed by atoms with Gasteiger partial charge < -0.3 is 9.64 Å². The van der Waals surface area contributed by atoms with Crippen LogP contribution < -0.4 is 9.46 Å². The molecule has 1 aromatic heterocycles. The second-order valence-electron chi connectivity index (χ2n) is 10.8. The first-order valence-electron chi connectivity index (χ1n) is 12.5. The van der Waals surface area contributed by atoms with Gasteiger partial charge in [0, 0.05) is 25.4 Å². The molecule has 3 aromatic rings. The van der Waals surface area contributed by atoms with E-state index in [1.54, 1.807) is 17.9 Å². The summed E-state index contributed by atoms with van der Waals surface area (Å²) < 4.78 is 23.2. The van der Waals surface area contributed by atoms with Crippen molar-refractivity contribution in [2.24, 2.45) is 5.41 Å². The molecular weight excluding hydrogens is 472 g/mol. The molecule has 0 bridgehead atoms. The van der Waals surface area contributed by atoms with Crippen LogP contribution in [-0.4, -0.2) is 49.7 Å². The second kappa shape index (κ2) is 9.48. The summed E-state index contributed by atoms with van der Waals surface area (Å²) in [7, 11) is 0.449. The van der Waals surface area contributed by atoms with Crippen LogP contribution in [0.25, 0.3) is 5.69 Å². The first-order chi connectivity index (χ1) is 17.2. The highest BCUT2D eigenvalue weighted by Crippen LogP contribution is 2.52. The molecule has 190 valence electrons. The number of carbonyl (C=O) groups excluding carboxylic acids is 1. The third kappa shape index (κ3) is 4.60. The van der Waals surface area contributed by atoms with E-state index < -0.39 is 11.0 Å². The molecular formula is C28H34N4O3S. The number of ether oxygens (including phenoxy) is 1. The lowest BCUT2D eigenvalue weighted by atomic mass is 9.73. The number of fused-ring (bicyclic) bond motifs is 1. The molecule has 1 amide bonds. The Morgan fingerprint density at radius 3 is 2.58 bits per heavy atom. The summed E-state index contributed by atoms with van der Waals surface area (Å²) in [6, 6.07) is 17.9. The van der Waals surface area contributed by atoms with E-state index in [4.69, 9.17) is 4.74 Å². The van der Waals surface area contributed by atoms with Crippen LogP contribution in [0.2, 0.25) is 0 Å². The highest BCUT2D eigenvalue weighted by Gasteiger charge is 2.49. The molecule has 2 atom stereocenters. The van der Waals surface area contributed by atoms with E-state index in [0.717, 1.165) is 30.7 Å². The first-order valence-corrected chi connectivity index (χ1v) is 13.6. The Labute approximate surface area is 215 Å². The Bertz CT molecular complexity index is 1290. The van der Waals surface area contributed by atoms with Gasteiger partial charge in [-0.25, -0.2) is 13.6 Å². The number of rotatable bonds is 5. The van der Waals surface area contributed by atoms with Crippen molar-refractivity contribution in [3.05, 3.63) is 77.6 Å². The van der Waals surface area contributed by atoms with Gasteiger partial charge in [-0.2, -0.15) is 5.10 Å². The summed E-state index contributed by atoms with van der Waals surface area (Å²) in [6.45, 7) is 7.29. The number of likely N-dealkylation sites (tertiary alicyclic amines) is 1. The van der Waals surface area contributed by atoms with Crippen molar-refractivity contribution in [2.45, 2.75) is 50.8 Å². The Hall–Kier alpha value is -2.97. The normalized spacial score (nSPS) is 19.8. The highest BCUT2D eigenvalue weighted by atomic mass is 32.2. The van der Waals surface area contributed by atoms with Crippen LogP contribution in [0.3, 0.4) is 0 Å². The predicted molar refractivity (Wildman–Crippen MR) is 142 cm³/mol. The molecule has 8 heteroatoms. The fraction of sp³-hybridized carbons (Fsp3) is 0.429. The van der Waals surface area contributed by atoms with E-state index >= 15 is 0 Å². The van der Waals surface area contributed by atoms with Gasteiger partial charge in [0.1, 0.15) is 5.75 Å². The maximum absolute atomic E-state index is 13.3. The molecule has 0 unspecified atom stereocenters. The minimum absolute atomic E-state index is 0.0123. The molecule has 7 nitrogen and oxygen atoms in total. The average Bonchev–Trinajstić information content (AvgIpc) is 3.48. The molecule has 0 radical (unpaired) electrons. The van der Waals surface area contributed by atoms with E-state index in [1.807, 2.05) is 56.1 Å². The molecule has 0 saturated carbocycles. The Morgan fingerprint density at radius 1 is 1.11 bits per heavy atom. The smallest absolute Gasteiger partial charge is 0.274 e. The van der Waals surface area contributed by atoms with Crippen molar-refractivity contribution in [1.82, 2.24) is 19.4 Å². The van der Waals surface area contributed by atoms with Gasteiger partial charge in [-0.15, -0.1) is 0 Å². The minimum atomic E-state index is -1.18. The number of carbonyl (C=O) groups is 1. The second-order valence-corrected chi connectivity index (χ2v) is 12.8. The van der Waals surface area contributed by atoms with Crippen LogP contribution in [-0.2, 0) is 17.4 Å². The molecule has 36 heavy (non-hydrogen) atoms. The lowest BCUT2D eigenvalue weighted by Gasteiger charge is -2.43. The average molecular weight is 507 g/mol. The summed E-state index contributed by atoms with van der Waals surface area (Å²) in [4.78, 5) is 15.2. The van der Waals surface area contributed by atoms with Gasteiger partial charge in [0.15, 0.2) is 5.69 Å². The molecule has 2 aliphatic rings. The van der Waals surface area contributed by atoms with E-state index in [1.165, 1.54) is 11.1 Å². The van der Waals surface area contributed by atoms with Crippen molar-refractivity contribution in [2.75, 3.05) is 20.2 Å². The van der Waals surface area contributed by atoms with Gasteiger partial charge >= 0.3 is 0 Å². The molecule has 1 fully saturated rings. The van der Waals surface area contributed by atoms with Gasteiger partial charge in [-0.3, -0.25) is 4.79 Å². The SMILES string of the molecule is COc1cccc(-n2ccc(C(=O)N3CCC4(CC3)Cc3ccccc3[C@H]4N[S@](=O)C(C)(C)C)n2)c1. The van der Waals surface area contributed by atoms with Gasteiger partial charge in [0.05, 0.1) is 34.6 Å². The van der Waals surface area contributed by atoms with Crippen molar-refractivity contribution in [1.29, 1.82) is 0 Å². The van der Waals surface area contributed by atoms with Crippen molar-refractivity contribution in [3.63, 3.8) is 0 Å². The molecule has 1 N–H and O–H groups in total. The molecule has 1 aliphatic carbocycles. The monoisotopic (exact) mass is 506 g/mol. The molecule has 1 saturated heterocycles. The lowest BCUT2D eigenvalue weighted by Crippen LogP contribution is -2.49. The van der Waals surface area contributed by atoms with Gasteiger partial charge in [0.25, 0.3) is 5.91 Å². The standard InChI is InChI=1S/C28H34N4O3S/c1-27(2,3)36(34)30-25-23-11-6-5-8-20(23)19-28(25)13-16-31(17-14-28)26(33)24-12-15-32(29-24)21-9-7-10-22(18-21)35-4/h5-12,15,18,25,30H,13-14,16-17,19H2,1-4H3/t25-,36-/m1/s1. The number of amides is 1. The van der Waals surface area contributed by atoms with Crippen molar-refractivity contribution >= 4 is 16.9 Å². The van der Waals surface area contributed by atoms with Crippen LogP contribution >= 0.6 is 0 Å². The quantitative estimate of drug-likeness (QED) is 0.555. The van der Waals surface area contributed by atoms with Crippen LogP contribution in [0.1, 0.15) is 61.3 Å². The summed E-state index contributed by atoms with van der Waals surface area (Å²) >= 11 is 0. The first kappa shape index (κ1) is 24.7. The summed E-state index contributed by atoms with van der Waals surface area (Å²) in [6.07, 6.45) is 4.45. The van der Waals surface area contributed by atoms with Gasteiger partial charge in [-0.1, -0.05) is 30.3 Å². The van der Waals surface area contributed by atoms with E-state index in [9.17, 15) is 9.00 Å². The van der Waals surface area contributed by atoms with Gasteiger partial charge in [0.2, 0.25) is 0 Å². The number of methoxy groups -OCH3 is 1. The largest absolute Gasteiger partial charge is 0.497 e. The fourth-order valence-electron chi connectivity index (χ4n) is 5.38. The van der Waals surface area contributed by atoms with Crippen molar-refractivity contribution in [3.8, 4) is 11.4 Å². The van der Waals surface area contributed by atoms with Crippen molar-refractivity contribution < 1.29 is 13.7 Å². The van der Waals surface area contributed by atoms with E-state index in [-0.39, 0.29) is 22.1 Å². The number of nitrogens with one attached hydrogen (secondary N) is 1. The topological polar surface area (TPSA) is 76.5 Å². The molecule has 2 heterocycles. The summed E-state index contributed by atoms with van der Waals surface area (Å²) in [5.74, 6) is 0.690. The number of hydrogen-bond acceptors (Lipinski definition) is 4. The van der Waals surface area contributed by atoms with Crippen LogP contribution in [0.5, 0.6) is 5.75 Å². The number of piperidine rings is 1. The lowest BCUT2D eigenvalue weighted by molar-refractivity contribution is 0.0522. The van der Waals surface area contributed by atoms with E-state index in [2.05, 4.69) is 34.1 Å². The number of nitrogens with zero attached hydrogens (tertiary/aromatic N) is 3. The maximum Gasteiger partial charge on any atom is 0.274 e.